The second-order valence-corrected chi connectivity index (χ2v) is 6.44. The maximum atomic E-state index is 12.0. The lowest BCUT2D eigenvalue weighted by Gasteiger charge is -2.16. The average Bonchev–Trinajstić information content (AvgIpc) is 3.01. The summed E-state index contributed by atoms with van der Waals surface area (Å²) >= 11 is 1.49. The quantitative estimate of drug-likeness (QED) is 0.630. The number of hydrogen-bond acceptors (Lipinski definition) is 5. The minimum atomic E-state index is -0.102. The predicted molar refractivity (Wildman–Crippen MR) is 109 cm³/mol. The smallest absolute Gasteiger partial charge is 0.270 e. The Morgan fingerprint density at radius 1 is 1.28 bits per heavy atom. The third-order valence-electron chi connectivity index (χ3n) is 3.44. The van der Waals surface area contributed by atoms with Crippen molar-refractivity contribution < 1.29 is 4.79 Å². The van der Waals surface area contributed by atoms with Gasteiger partial charge >= 0.3 is 0 Å². The number of thiazole rings is 1. The van der Waals surface area contributed by atoms with Gasteiger partial charge in [0.05, 0.1) is 5.01 Å². The van der Waals surface area contributed by atoms with Crippen molar-refractivity contribution in [3.8, 4) is 0 Å². The van der Waals surface area contributed by atoms with Gasteiger partial charge in [0.1, 0.15) is 5.69 Å². The van der Waals surface area contributed by atoms with Crippen molar-refractivity contribution in [1.82, 2.24) is 15.2 Å². The van der Waals surface area contributed by atoms with Gasteiger partial charge in [0.15, 0.2) is 0 Å². The summed E-state index contributed by atoms with van der Waals surface area (Å²) in [6.07, 6.45) is 1.64. The minimum absolute atomic E-state index is 0. The molecule has 0 radical (unpaired) electrons. The van der Waals surface area contributed by atoms with Crippen LogP contribution >= 0.6 is 36.2 Å². The molecule has 0 aliphatic carbocycles. The van der Waals surface area contributed by atoms with Crippen molar-refractivity contribution >= 4 is 42.1 Å². The molecule has 3 N–H and O–H groups in total. The average molecular weight is 405 g/mol. The first kappa shape index (κ1) is 23.8. The zero-order chi connectivity index (χ0) is 16.5. The molecule has 0 aliphatic heterocycles. The fourth-order valence-corrected chi connectivity index (χ4v) is 3.06. The Balaban J connectivity index is 0.00000288. The van der Waals surface area contributed by atoms with Gasteiger partial charge in [-0.2, -0.15) is 0 Å². The molecule has 2 aromatic rings. The van der Waals surface area contributed by atoms with Gasteiger partial charge in [-0.3, -0.25) is 4.79 Å². The van der Waals surface area contributed by atoms with Crippen LogP contribution in [0.3, 0.4) is 0 Å². The zero-order valence-corrected chi connectivity index (χ0v) is 16.8. The number of rotatable bonds is 9. The lowest BCUT2D eigenvalue weighted by atomic mass is 10.2. The van der Waals surface area contributed by atoms with Gasteiger partial charge in [0.25, 0.3) is 5.91 Å². The molecule has 5 nitrogen and oxygen atoms in total. The van der Waals surface area contributed by atoms with Crippen molar-refractivity contribution in [1.29, 1.82) is 0 Å². The predicted octanol–water partition coefficient (Wildman–Crippen LogP) is 2.74. The molecule has 0 atom stereocenters. The summed E-state index contributed by atoms with van der Waals surface area (Å²) in [4.78, 5) is 18.5. The summed E-state index contributed by atoms with van der Waals surface area (Å²) in [5.74, 6) is -0.102. The molecule has 0 saturated heterocycles. The highest BCUT2D eigenvalue weighted by atomic mass is 35.5. The minimum Gasteiger partial charge on any atom is -0.351 e. The number of aromatic nitrogens is 1. The topological polar surface area (TPSA) is 71.2 Å². The molecular weight excluding hydrogens is 379 g/mol. The van der Waals surface area contributed by atoms with Gasteiger partial charge in [-0.1, -0.05) is 30.3 Å². The van der Waals surface area contributed by atoms with E-state index in [-0.39, 0.29) is 30.7 Å². The molecule has 1 aromatic carbocycles. The standard InChI is InChI=1S/C17H24N4OS.2ClH/c1-21(12-14-6-3-2-4-7-14)11-5-10-19-17(22)15-13-23-16(20-15)8-9-18;;/h2-4,6-7,13H,5,8-12,18H2,1H3,(H,19,22);2*1H. The molecule has 0 spiro atoms. The van der Waals surface area contributed by atoms with Crippen molar-refractivity contribution in [3.63, 3.8) is 0 Å². The van der Waals surface area contributed by atoms with Crippen LogP contribution in [-0.4, -0.2) is 42.5 Å². The molecule has 8 heteroatoms. The Morgan fingerprint density at radius 2 is 2.00 bits per heavy atom. The van der Waals surface area contributed by atoms with E-state index >= 15 is 0 Å². The van der Waals surface area contributed by atoms with Crippen LogP contribution < -0.4 is 11.1 Å². The van der Waals surface area contributed by atoms with Crippen LogP contribution in [-0.2, 0) is 13.0 Å². The van der Waals surface area contributed by atoms with Crippen molar-refractivity contribution in [2.24, 2.45) is 5.73 Å². The maximum Gasteiger partial charge on any atom is 0.270 e. The van der Waals surface area contributed by atoms with Gasteiger partial charge in [-0.15, -0.1) is 36.2 Å². The Morgan fingerprint density at radius 3 is 2.68 bits per heavy atom. The van der Waals surface area contributed by atoms with Crippen LogP contribution in [0.5, 0.6) is 0 Å². The van der Waals surface area contributed by atoms with E-state index in [1.165, 1.54) is 16.9 Å². The zero-order valence-electron chi connectivity index (χ0n) is 14.3. The number of nitrogens with two attached hydrogens (primary N) is 1. The van der Waals surface area contributed by atoms with Gasteiger partial charge in [0, 0.05) is 24.9 Å². The van der Waals surface area contributed by atoms with Crippen LogP contribution in [0.4, 0.5) is 0 Å². The summed E-state index contributed by atoms with van der Waals surface area (Å²) in [5.41, 5.74) is 7.29. The fourth-order valence-electron chi connectivity index (χ4n) is 2.27. The van der Waals surface area contributed by atoms with E-state index in [2.05, 4.69) is 46.5 Å². The Bertz CT molecular complexity index is 610. The number of carbonyl (C=O) groups is 1. The van der Waals surface area contributed by atoms with Gasteiger partial charge in [-0.05, 0) is 32.1 Å². The highest BCUT2D eigenvalue weighted by Crippen LogP contribution is 2.09. The molecule has 25 heavy (non-hydrogen) atoms. The van der Waals surface area contributed by atoms with Crippen molar-refractivity contribution in [3.05, 3.63) is 52.0 Å². The van der Waals surface area contributed by atoms with Crippen LogP contribution in [0.15, 0.2) is 35.7 Å². The first-order valence-corrected chi connectivity index (χ1v) is 8.72. The normalized spacial score (nSPS) is 10.0. The number of hydrogen-bond donors (Lipinski definition) is 2. The molecule has 1 aromatic heterocycles. The van der Waals surface area contributed by atoms with E-state index in [0.29, 0.717) is 18.8 Å². The van der Waals surface area contributed by atoms with Crippen LogP contribution in [0.2, 0.25) is 0 Å². The summed E-state index contributed by atoms with van der Waals surface area (Å²) < 4.78 is 0. The molecule has 0 saturated carbocycles. The maximum absolute atomic E-state index is 12.0. The van der Waals surface area contributed by atoms with Crippen LogP contribution in [0, 0.1) is 0 Å². The Hall–Kier alpha value is -1.18. The van der Waals surface area contributed by atoms with E-state index in [4.69, 9.17) is 5.73 Å². The number of amides is 1. The van der Waals surface area contributed by atoms with E-state index in [0.717, 1.165) is 30.9 Å². The second kappa shape index (κ2) is 13.1. The Labute approximate surface area is 165 Å². The number of nitrogens with one attached hydrogen (secondary N) is 1. The monoisotopic (exact) mass is 404 g/mol. The number of carbonyl (C=O) groups excluding carboxylic acids is 1. The largest absolute Gasteiger partial charge is 0.351 e. The molecule has 0 bridgehead atoms. The molecule has 0 unspecified atom stereocenters. The SMILES string of the molecule is CN(CCCNC(=O)c1csc(CCN)n1)Cc1ccccc1.Cl.Cl. The van der Waals surface area contributed by atoms with Crippen LogP contribution in [0.1, 0.15) is 27.5 Å². The van der Waals surface area contributed by atoms with E-state index < -0.39 is 0 Å². The van der Waals surface area contributed by atoms with Crippen molar-refractivity contribution in [2.45, 2.75) is 19.4 Å². The van der Waals surface area contributed by atoms with E-state index in [1.807, 2.05) is 6.07 Å². The summed E-state index contributed by atoms with van der Waals surface area (Å²) in [6, 6.07) is 10.4. The van der Waals surface area contributed by atoms with Gasteiger partial charge in [-0.25, -0.2) is 4.98 Å². The molecular formula is C17H26Cl2N4OS. The third-order valence-corrected chi connectivity index (χ3v) is 4.35. The summed E-state index contributed by atoms with van der Waals surface area (Å²) in [6.45, 7) is 3.07. The second-order valence-electron chi connectivity index (χ2n) is 5.50. The molecule has 2 rings (SSSR count). The van der Waals surface area contributed by atoms with Gasteiger partial charge in [0.2, 0.25) is 0 Å². The van der Waals surface area contributed by atoms with Crippen LogP contribution in [0.25, 0.3) is 0 Å². The van der Waals surface area contributed by atoms with E-state index in [9.17, 15) is 4.79 Å². The molecule has 140 valence electrons. The van der Waals surface area contributed by atoms with Crippen molar-refractivity contribution in [2.75, 3.05) is 26.7 Å². The number of halogens is 2. The molecule has 0 fully saturated rings. The lowest BCUT2D eigenvalue weighted by molar-refractivity contribution is 0.0947. The fraction of sp³-hybridized carbons (Fsp3) is 0.412. The first-order chi connectivity index (χ1) is 11.2. The van der Waals surface area contributed by atoms with Gasteiger partial charge < -0.3 is 16.0 Å². The Kier molecular flexibility index (Phi) is 12.5. The summed E-state index contributed by atoms with van der Waals surface area (Å²) in [7, 11) is 2.09. The molecule has 1 heterocycles. The summed E-state index contributed by atoms with van der Waals surface area (Å²) in [5, 5.41) is 5.63. The highest BCUT2D eigenvalue weighted by Gasteiger charge is 2.09. The molecule has 1 amide bonds. The third kappa shape index (κ3) is 8.65. The first-order valence-electron chi connectivity index (χ1n) is 7.84. The number of benzene rings is 1. The highest BCUT2D eigenvalue weighted by molar-refractivity contribution is 7.09. The number of nitrogens with zero attached hydrogens (tertiary/aromatic N) is 2. The lowest BCUT2D eigenvalue weighted by Crippen LogP contribution is -2.28. The van der Waals surface area contributed by atoms with E-state index in [1.54, 1.807) is 5.38 Å². The molecule has 0 aliphatic rings.